The molecule has 1 aliphatic heterocycles. The summed E-state index contributed by atoms with van der Waals surface area (Å²) in [5.74, 6) is -0.123. The normalized spacial score (nSPS) is 16.9. The largest absolute Gasteiger partial charge is 0.397 e. The molecule has 0 aliphatic carbocycles. The van der Waals surface area contributed by atoms with Gasteiger partial charge in [0, 0.05) is 35.9 Å². The van der Waals surface area contributed by atoms with Crippen LogP contribution in [0.4, 0.5) is 11.4 Å². The van der Waals surface area contributed by atoms with E-state index in [1.807, 2.05) is 19.1 Å². The molecule has 5 nitrogen and oxygen atoms in total. The van der Waals surface area contributed by atoms with Gasteiger partial charge in [-0.25, -0.2) is 4.98 Å². The summed E-state index contributed by atoms with van der Waals surface area (Å²) in [5, 5.41) is 3.86. The van der Waals surface area contributed by atoms with Crippen molar-refractivity contribution in [3.63, 3.8) is 0 Å². The molecule has 0 saturated carbocycles. The van der Waals surface area contributed by atoms with Crippen molar-refractivity contribution in [1.29, 1.82) is 0 Å². The van der Waals surface area contributed by atoms with Crippen LogP contribution in [0.5, 0.6) is 0 Å². The van der Waals surface area contributed by atoms with Gasteiger partial charge in [0.15, 0.2) is 0 Å². The van der Waals surface area contributed by atoms with Gasteiger partial charge in [-0.2, -0.15) is 0 Å². The van der Waals surface area contributed by atoms with Gasteiger partial charge in [-0.05, 0) is 69.4 Å². The lowest BCUT2D eigenvalue weighted by molar-refractivity contribution is 0.0959. The Morgan fingerprint density at radius 2 is 2.03 bits per heavy atom. The molecule has 1 amide bonds. The van der Waals surface area contributed by atoms with Gasteiger partial charge >= 0.3 is 0 Å². The fraction of sp³-hybridized carbons (Fsp3) is 0.391. The van der Waals surface area contributed by atoms with Crippen molar-refractivity contribution >= 4 is 38.8 Å². The number of hydrogen-bond acceptors (Lipinski definition) is 5. The Morgan fingerprint density at radius 1 is 1.24 bits per heavy atom. The number of benzene rings is 1. The molecule has 0 spiro atoms. The van der Waals surface area contributed by atoms with Gasteiger partial charge in [0.25, 0.3) is 5.91 Å². The van der Waals surface area contributed by atoms with E-state index in [-0.39, 0.29) is 5.91 Å². The molecule has 3 aromatic rings. The molecule has 6 heteroatoms. The molecule has 1 fully saturated rings. The van der Waals surface area contributed by atoms with E-state index < -0.39 is 0 Å². The topological polar surface area (TPSA) is 71.2 Å². The molecular weight excluding hydrogens is 380 g/mol. The second-order valence-electron chi connectivity index (χ2n) is 7.86. The van der Waals surface area contributed by atoms with Gasteiger partial charge in [0.05, 0.1) is 5.69 Å². The highest BCUT2D eigenvalue weighted by Crippen LogP contribution is 2.32. The van der Waals surface area contributed by atoms with Crippen LogP contribution in [0.3, 0.4) is 0 Å². The summed E-state index contributed by atoms with van der Waals surface area (Å²) >= 11 is 1.36. The van der Waals surface area contributed by atoms with Gasteiger partial charge in [0.2, 0.25) is 0 Å². The van der Waals surface area contributed by atoms with Crippen molar-refractivity contribution in [1.82, 2.24) is 10.3 Å². The van der Waals surface area contributed by atoms with Crippen LogP contribution >= 0.6 is 11.3 Å². The summed E-state index contributed by atoms with van der Waals surface area (Å²) in [6.45, 7) is 5.96. The van der Waals surface area contributed by atoms with E-state index in [2.05, 4.69) is 46.4 Å². The van der Waals surface area contributed by atoms with Gasteiger partial charge in [-0.3, -0.25) is 4.79 Å². The van der Waals surface area contributed by atoms with Crippen molar-refractivity contribution < 1.29 is 4.79 Å². The van der Waals surface area contributed by atoms with Crippen LogP contribution in [-0.2, 0) is 6.42 Å². The summed E-state index contributed by atoms with van der Waals surface area (Å²) in [6, 6.07) is 13.2. The van der Waals surface area contributed by atoms with E-state index in [1.54, 1.807) is 0 Å². The van der Waals surface area contributed by atoms with Crippen LogP contribution in [0.1, 0.15) is 47.1 Å². The highest BCUT2D eigenvalue weighted by molar-refractivity contribution is 7.21. The SMILES string of the molecule is Cc1ccc2c(N)c(C(=O)NCCc3ccc(N4CCCC[C@H]4C)cc3)sc2n1. The molecule has 1 aliphatic rings. The first-order valence-corrected chi connectivity index (χ1v) is 11.1. The van der Waals surface area contributed by atoms with E-state index >= 15 is 0 Å². The predicted octanol–water partition coefficient (Wildman–Crippen LogP) is 4.54. The zero-order valence-electron chi connectivity index (χ0n) is 17.1. The fourth-order valence-corrected chi connectivity index (χ4v) is 5.05. The van der Waals surface area contributed by atoms with E-state index in [0.29, 0.717) is 23.2 Å². The van der Waals surface area contributed by atoms with E-state index in [0.717, 1.165) is 28.9 Å². The van der Waals surface area contributed by atoms with Crippen LogP contribution in [0.15, 0.2) is 36.4 Å². The first-order chi connectivity index (χ1) is 14.0. The van der Waals surface area contributed by atoms with Crippen LogP contribution in [-0.4, -0.2) is 30.0 Å². The number of carbonyl (C=O) groups excluding carboxylic acids is 1. The Balaban J connectivity index is 1.35. The van der Waals surface area contributed by atoms with Crippen molar-refractivity contribution in [3.05, 3.63) is 52.5 Å². The third kappa shape index (κ3) is 4.22. The monoisotopic (exact) mass is 408 g/mol. The summed E-state index contributed by atoms with van der Waals surface area (Å²) < 4.78 is 0. The third-order valence-electron chi connectivity index (χ3n) is 5.71. The number of rotatable bonds is 5. The standard InChI is InChI=1S/C23H28N4OS/c1-15-6-11-19-20(24)21(29-23(19)26-15)22(28)25-13-12-17-7-9-18(10-8-17)27-14-4-3-5-16(27)2/h6-11,16H,3-5,12-14,24H2,1-2H3,(H,25,28)/t16-/m1/s1. The molecule has 29 heavy (non-hydrogen) atoms. The van der Waals surface area contributed by atoms with Gasteiger partial charge in [0.1, 0.15) is 9.71 Å². The maximum atomic E-state index is 12.6. The number of fused-ring (bicyclic) bond motifs is 1. The average molecular weight is 409 g/mol. The number of carbonyl (C=O) groups is 1. The van der Waals surface area contributed by atoms with Crippen LogP contribution in [0, 0.1) is 6.92 Å². The molecule has 3 heterocycles. The van der Waals surface area contributed by atoms with Gasteiger partial charge in [-0.1, -0.05) is 12.1 Å². The minimum Gasteiger partial charge on any atom is -0.397 e. The smallest absolute Gasteiger partial charge is 0.263 e. The Labute approximate surface area is 175 Å². The van der Waals surface area contributed by atoms with Gasteiger partial charge in [-0.15, -0.1) is 11.3 Å². The molecule has 0 radical (unpaired) electrons. The fourth-order valence-electron chi connectivity index (χ4n) is 3.99. The molecule has 0 unspecified atom stereocenters. The van der Waals surface area contributed by atoms with E-state index in [4.69, 9.17) is 5.73 Å². The Kier molecular flexibility index (Phi) is 5.72. The summed E-state index contributed by atoms with van der Waals surface area (Å²) in [7, 11) is 0. The number of nitrogens with two attached hydrogens (primary N) is 1. The summed E-state index contributed by atoms with van der Waals surface area (Å²) in [5.41, 5.74) is 10.1. The number of amides is 1. The molecule has 2 aromatic heterocycles. The van der Waals surface area contributed by atoms with Crippen LogP contribution < -0.4 is 16.0 Å². The minimum atomic E-state index is -0.123. The van der Waals surface area contributed by atoms with E-state index in [9.17, 15) is 4.79 Å². The van der Waals surface area contributed by atoms with E-state index in [1.165, 1.54) is 41.9 Å². The lowest BCUT2D eigenvalue weighted by Crippen LogP contribution is -2.37. The van der Waals surface area contributed by atoms with Crippen molar-refractivity contribution in [3.8, 4) is 0 Å². The third-order valence-corrected chi connectivity index (χ3v) is 6.82. The first kappa shape index (κ1) is 19.7. The number of nitrogens with one attached hydrogen (secondary N) is 1. The minimum absolute atomic E-state index is 0.123. The number of pyridine rings is 1. The number of thiophene rings is 1. The number of aromatic nitrogens is 1. The maximum Gasteiger partial charge on any atom is 0.263 e. The lowest BCUT2D eigenvalue weighted by Gasteiger charge is -2.35. The number of anilines is 2. The molecule has 3 N–H and O–H groups in total. The number of nitrogen functional groups attached to an aromatic ring is 1. The highest BCUT2D eigenvalue weighted by Gasteiger charge is 2.19. The average Bonchev–Trinajstić information content (AvgIpc) is 3.05. The quantitative estimate of drug-likeness (QED) is 0.650. The highest BCUT2D eigenvalue weighted by atomic mass is 32.1. The lowest BCUT2D eigenvalue weighted by atomic mass is 10.0. The molecular formula is C23H28N4OS. The number of hydrogen-bond donors (Lipinski definition) is 2. The molecule has 4 rings (SSSR count). The Hall–Kier alpha value is -2.60. The molecule has 1 atom stereocenters. The van der Waals surface area contributed by atoms with Gasteiger partial charge < -0.3 is 16.0 Å². The van der Waals surface area contributed by atoms with Crippen LogP contribution in [0.25, 0.3) is 10.2 Å². The maximum absolute atomic E-state index is 12.6. The number of aryl methyl sites for hydroxylation is 1. The molecule has 1 saturated heterocycles. The first-order valence-electron chi connectivity index (χ1n) is 10.3. The molecule has 0 bridgehead atoms. The second-order valence-corrected chi connectivity index (χ2v) is 8.86. The number of nitrogens with zero attached hydrogens (tertiary/aromatic N) is 2. The zero-order chi connectivity index (χ0) is 20.4. The Morgan fingerprint density at radius 3 is 2.79 bits per heavy atom. The zero-order valence-corrected chi connectivity index (χ0v) is 17.9. The summed E-state index contributed by atoms with van der Waals surface area (Å²) in [6.07, 6.45) is 4.66. The number of piperidine rings is 1. The molecule has 152 valence electrons. The van der Waals surface area contributed by atoms with Crippen molar-refractivity contribution in [2.24, 2.45) is 0 Å². The summed E-state index contributed by atoms with van der Waals surface area (Å²) in [4.78, 5) is 20.9. The van der Waals surface area contributed by atoms with Crippen LogP contribution in [0.2, 0.25) is 0 Å². The predicted molar refractivity (Wildman–Crippen MR) is 122 cm³/mol. The van der Waals surface area contributed by atoms with Crippen molar-refractivity contribution in [2.45, 2.75) is 45.6 Å². The second kappa shape index (κ2) is 8.41. The Bertz CT molecular complexity index is 1010. The van der Waals surface area contributed by atoms with Crippen molar-refractivity contribution in [2.75, 3.05) is 23.7 Å². The molecule has 1 aromatic carbocycles.